The summed E-state index contributed by atoms with van der Waals surface area (Å²) in [6, 6.07) is 16.0. The quantitative estimate of drug-likeness (QED) is 0.570. The maximum atomic E-state index is 6.40. The first kappa shape index (κ1) is 17.3. The van der Waals surface area contributed by atoms with Crippen LogP contribution < -0.4 is 4.90 Å². The number of anilines is 1. The topological polar surface area (TPSA) is 29.0 Å². The molecule has 0 unspecified atom stereocenters. The third kappa shape index (κ3) is 3.54. The van der Waals surface area contributed by atoms with Crippen molar-refractivity contribution in [1.29, 1.82) is 0 Å². The van der Waals surface area contributed by atoms with Gasteiger partial charge in [0.25, 0.3) is 0 Å². The van der Waals surface area contributed by atoms with Crippen molar-refractivity contribution in [2.24, 2.45) is 5.92 Å². The molecule has 1 saturated carbocycles. The van der Waals surface area contributed by atoms with Gasteiger partial charge in [0.2, 0.25) is 0 Å². The Bertz CT molecular complexity index is 903. The number of hydrogen-bond acceptors (Lipinski definition) is 3. The van der Waals surface area contributed by atoms with Gasteiger partial charge in [0, 0.05) is 24.5 Å². The molecule has 134 valence electrons. The summed E-state index contributed by atoms with van der Waals surface area (Å²) in [5.41, 5.74) is 1.84. The van der Waals surface area contributed by atoms with E-state index >= 15 is 0 Å². The van der Waals surface area contributed by atoms with Gasteiger partial charge in [0.05, 0.1) is 10.5 Å². The Kier molecular flexibility index (Phi) is 5.07. The van der Waals surface area contributed by atoms with Crippen molar-refractivity contribution in [2.45, 2.75) is 32.1 Å². The first-order valence-corrected chi connectivity index (χ1v) is 9.83. The van der Waals surface area contributed by atoms with Crippen molar-refractivity contribution in [2.75, 3.05) is 18.5 Å². The van der Waals surface area contributed by atoms with Crippen molar-refractivity contribution in [3.05, 3.63) is 53.6 Å². The molecule has 4 heteroatoms. The normalized spacial score (nSPS) is 15.3. The standard InChI is InChI=1S/C22H24ClN3/c1-26(15-16-9-3-2-4-10-16)22-18-12-6-8-14-20(18)24-21(25-22)17-11-5-7-13-19(17)23/h5-8,11-14,16H,2-4,9-10,15H2,1H3. The summed E-state index contributed by atoms with van der Waals surface area (Å²) in [6.07, 6.45) is 6.74. The average Bonchev–Trinajstić information content (AvgIpc) is 2.68. The highest BCUT2D eigenvalue weighted by Gasteiger charge is 2.19. The molecule has 4 rings (SSSR count). The molecule has 0 bridgehead atoms. The Morgan fingerprint density at radius 1 is 0.962 bits per heavy atom. The van der Waals surface area contributed by atoms with E-state index < -0.39 is 0 Å². The van der Waals surface area contributed by atoms with Gasteiger partial charge in [-0.25, -0.2) is 9.97 Å². The zero-order chi connectivity index (χ0) is 17.9. The van der Waals surface area contributed by atoms with Crippen LogP contribution in [-0.4, -0.2) is 23.6 Å². The van der Waals surface area contributed by atoms with Crippen LogP contribution in [-0.2, 0) is 0 Å². The van der Waals surface area contributed by atoms with Crippen molar-refractivity contribution in [3.8, 4) is 11.4 Å². The van der Waals surface area contributed by atoms with Crippen LogP contribution in [0.15, 0.2) is 48.5 Å². The summed E-state index contributed by atoms with van der Waals surface area (Å²) in [6.45, 7) is 1.04. The lowest BCUT2D eigenvalue weighted by molar-refractivity contribution is 0.362. The molecule has 1 heterocycles. The SMILES string of the molecule is CN(CC1CCCCC1)c1nc(-c2ccccc2Cl)nc2ccccc12. The average molecular weight is 366 g/mol. The molecular weight excluding hydrogens is 342 g/mol. The summed E-state index contributed by atoms with van der Waals surface area (Å²) < 4.78 is 0. The van der Waals surface area contributed by atoms with Crippen LogP contribution in [0.2, 0.25) is 5.02 Å². The maximum absolute atomic E-state index is 6.40. The van der Waals surface area contributed by atoms with Crippen LogP contribution >= 0.6 is 11.6 Å². The summed E-state index contributed by atoms with van der Waals surface area (Å²) in [5, 5.41) is 1.78. The van der Waals surface area contributed by atoms with Gasteiger partial charge in [0.1, 0.15) is 5.82 Å². The van der Waals surface area contributed by atoms with Crippen LogP contribution in [0.5, 0.6) is 0 Å². The highest BCUT2D eigenvalue weighted by Crippen LogP contribution is 2.32. The molecule has 1 fully saturated rings. The van der Waals surface area contributed by atoms with Crippen LogP contribution in [0, 0.1) is 5.92 Å². The fourth-order valence-electron chi connectivity index (χ4n) is 3.96. The number of aromatic nitrogens is 2. The largest absolute Gasteiger partial charge is 0.359 e. The minimum absolute atomic E-state index is 0.684. The molecule has 0 N–H and O–H groups in total. The van der Waals surface area contributed by atoms with Gasteiger partial charge in [0.15, 0.2) is 5.82 Å². The van der Waals surface area contributed by atoms with E-state index in [2.05, 4.69) is 30.1 Å². The number of fused-ring (bicyclic) bond motifs is 1. The van der Waals surface area contributed by atoms with E-state index in [0.717, 1.165) is 34.7 Å². The van der Waals surface area contributed by atoms with Crippen molar-refractivity contribution >= 4 is 28.3 Å². The highest BCUT2D eigenvalue weighted by molar-refractivity contribution is 6.33. The van der Waals surface area contributed by atoms with Gasteiger partial charge in [-0.15, -0.1) is 0 Å². The van der Waals surface area contributed by atoms with Gasteiger partial charge >= 0.3 is 0 Å². The first-order valence-electron chi connectivity index (χ1n) is 9.45. The zero-order valence-corrected chi connectivity index (χ0v) is 15.9. The lowest BCUT2D eigenvalue weighted by atomic mass is 9.89. The molecule has 0 saturated heterocycles. The van der Waals surface area contributed by atoms with Crippen LogP contribution in [0.1, 0.15) is 32.1 Å². The predicted octanol–water partition coefficient (Wildman–Crippen LogP) is 5.97. The molecule has 1 aliphatic rings. The minimum Gasteiger partial charge on any atom is -0.359 e. The summed E-state index contributed by atoms with van der Waals surface area (Å²) in [7, 11) is 2.15. The predicted molar refractivity (Wildman–Crippen MR) is 110 cm³/mol. The molecule has 0 atom stereocenters. The summed E-state index contributed by atoms with van der Waals surface area (Å²) in [5.74, 6) is 2.45. The van der Waals surface area contributed by atoms with Crippen LogP contribution in [0.25, 0.3) is 22.3 Å². The Morgan fingerprint density at radius 3 is 2.50 bits per heavy atom. The molecule has 1 aliphatic carbocycles. The summed E-state index contributed by atoms with van der Waals surface area (Å²) >= 11 is 6.40. The highest BCUT2D eigenvalue weighted by atomic mass is 35.5. The third-order valence-electron chi connectivity index (χ3n) is 5.32. The molecular formula is C22H24ClN3. The molecule has 3 nitrogen and oxygen atoms in total. The number of para-hydroxylation sites is 1. The number of halogens is 1. The summed E-state index contributed by atoms with van der Waals surface area (Å²) in [4.78, 5) is 12.0. The van der Waals surface area contributed by atoms with E-state index in [4.69, 9.17) is 21.6 Å². The number of nitrogens with zero attached hydrogens (tertiary/aromatic N) is 3. The fourth-order valence-corrected chi connectivity index (χ4v) is 4.18. The van der Waals surface area contributed by atoms with E-state index in [1.807, 2.05) is 30.3 Å². The number of benzene rings is 2. The van der Waals surface area contributed by atoms with Gasteiger partial charge in [-0.3, -0.25) is 0 Å². The second-order valence-corrected chi connectivity index (χ2v) is 7.66. The molecule has 26 heavy (non-hydrogen) atoms. The molecule has 2 aromatic carbocycles. The Hall–Kier alpha value is -2.13. The second-order valence-electron chi connectivity index (χ2n) is 7.25. The number of hydrogen-bond donors (Lipinski definition) is 0. The van der Waals surface area contributed by atoms with Crippen LogP contribution in [0.4, 0.5) is 5.82 Å². The van der Waals surface area contributed by atoms with E-state index in [0.29, 0.717) is 10.8 Å². The van der Waals surface area contributed by atoms with E-state index in [9.17, 15) is 0 Å². The lowest BCUT2D eigenvalue weighted by Crippen LogP contribution is -2.28. The smallest absolute Gasteiger partial charge is 0.163 e. The van der Waals surface area contributed by atoms with Gasteiger partial charge in [-0.1, -0.05) is 55.1 Å². The molecule has 3 aromatic rings. The molecule has 0 radical (unpaired) electrons. The first-order chi connectivity index (χ1) is 12.7. The molecule has 0 spiro atoms. The van der Waals surface area contributed by atoms with Gasteiger partial charge in [-0.2, -0.15) is 0 Å². The Balaban J connectivity index is 1.76. The van der Waals surface area contributed by atoms with Gasteiger partial charge < -0.3 is 4.90 Å². The third-order valence-corrected chi connectivity index (χ3v) is 5.65. The number of rotatable bonds is 4. The lowest BCUT2D eigenvalue weighted by Gasteiger charge is -2.28. The second kappa shape index (κ2) is 7.63. The van der Waals surface area contributed by atoms with Crippen molar-refractivity contribution in [1.82, 2.24) is 9.97 Å². The monoisotopic (exact) mass is 365 g/mol. The molecule has 1 aromatic heterocycles. The minimum atomic E-state index is 0.684. The molecule has 0 aliphatic heterocycles. The fraction of sp³-hybridized carbons (Fsp3) is 0.364. The Morgan fingerprint density at radius 2 is 1.69 bits per heavy atom. The van der Waals surface area contributed by atoms with Crippen molar-refractivity contribution < 1.29 is 0 Å². The van der Waals surface area contributed by atoms with E-state index in [-0.39, 0.29) is 0 Å². The maximum Gasteiger partial charge on any atom is 0.163 e. The van der Waals surface area contributed by atoms with E-state index in [1.165, 1.54) is 32.1 Å². The van der Waals surface area contributed by atoms with Crippen LogP contribution in [0.3, 0.4) is 0 Å². The van der Waals surface area contributed by atoms with Crippen molar-refractivity contribution in [3.63, 3.8) is 0 Å². The molecule has 0 amide bonds. The van der Waals surface area contributed by atoms with Gasteiger partial charge in [-0.05, 0) is 43.0 Å². The Labute approximate surface area is 160 Å². The van der Waals surface area contributed by atoms with E-state index in [1.54, 1.807) is 0 Å². The zero-order valence-electron chi connectivity index (χ0n) is 15.2.